The molecule has 1 aliphatic rings. The molecule has 1 N–H and O–H groups in total. The van der Waals surface area contributed by atoms with Crippen molar-refractivity contribution in [2.75, 3.05) is 5.32 Å². The van der Waals surface area contributed by atoms with Crippen molar-refractivity contribution in [1.29, 1.82) is 0 Å². The number of alkyl halides is 3. The molecule has 8 nitrogen and oxygen atoms in total. The standard InChI is InChI=1S/C37H34F3N5O3S/c38-37(39,40)33-16-12-28(13-17-33)29-14-18-34(19-15-29)49(47,48)45(25-27-5-4-20-41-21-27)24-26-8-10-30(11-9-26)32-22-42-36(43-23-32)44-35(46)31-6-2-1-3-7-31/h4-5,8-23,31H,1-3,6-7,24-25H2,(H,42,43,44,46). The molecule has 1 fully saturated rings. The number of rotatable bonds is 10. The fraction of sp³-hybridized carbons (Fsp3) is 0.243. The highest BCUT2D eigenvalue weighted by Crippen LogP contribution is 2.32. The number of hydrogen-bond donors (Lipinski definition) is 1. The molecule has 252 valence electrons. The van der Waals surface area contributed by atoms with E-state index >= 15 is 0 Å². The normalized spacial score (nSPS) is 14.1. The number of aromatic nitrogens is 3. The zero-order chi connectivity index (χ0) is 34.4. The first-order valence-corrected chi connectivity index (χ1v) is 17.4. The predicted octanol–water partition coefficient (Wildman–Crippen LogP) is 8.13. The summed E-state index contributed by atoms with van der Waals surface area (Å²) in [6, 6.07) is 21.8. The topological polar surface area (TPSA) is 105 Å². The van der Waals surface area contributed by atoms with Crippen molar-refractivity contribution in [3.8, 4) is 22.3 Å². The van der Waals surface area contributed by atoms with Gasteiger partial charge in [-0.3, -0.25) is 15.1 Å². The van der Waals surface area contributed by atoms with Gasteiger partial charge in [0.1, 0.15) is 0 Å². The van der Waals surface area contributed by atoms with Crippen LogP contribution in [0.25, 0.3) is 22.3 Å². The van der Waals surface area contributed by atoms with Gasteiger partial charge < -0.3 is 0 Å². The maximum atomic E-state index is 14.0. The molecule has 2 heterocycles. The third-order valence-electron chi connectivity index (χ3n) is 8.63. The van der Waals surface area contributed by atoms with Gasteiger partial charge >= 0.3 is 6.18 Å². The average molecular weight is 686 g/mol. The van der Waals surface area contributed by atoms with Crippen LogP contribution in [0.1, 0.15) is 48.8 Å². The first kappa shape index (κ1) is 33.9. The Morgan fingerprint density at radius 1 is 0.735 bits per heavy atom. The van der Waals surface area contributed by atoms with Crippen molar-refractivity contribution in [1.82, 2.24) is 19.3 Å². The van der Waals surface area contributed by atoms with Gasteiger partial charge in [-0.25, -0.2) is 18.4 Å². The van der Waals surface area contributed by atoms with Gasteiger partial charge in [0.2, 0.25) is 21.9 Å². The molecule has 0 spiro atoms. The van der Waals surface area contributed by atoms with Gasteiger partial charge in [-0.2, -0.15) is 17.5 Å². The summed E-state index contributed by atoms with van der Waals surface area (Å²) in [5, 5.41) is 2.82. The number of pyridine rings is 1. The molecule has 0 aliphatic heterocycles. The SMILES string of the molecule is O=C(Nc1ncc(-c2ccc(CN(Cc3cccnc3)S(=O)(=O)c3ccc(-c4ccc(C(F)(F)F)cc4)cc3)cc2)cn1)C1CCCCC1. The second kappa shape index (κ2) is 14.7. The van der Waals surface area contributed by atoms with Crippen LogP contribution in [-0.2, 0) is 34.1 Å². The second-order valence-electron chi connectivity index (χ2n) is 12.1. The lowest BCUT2D eigenvalue weighted by atomic mass is 9.89. The molecule has 0 atom stereocenters. The van der Waals surface area contributed by atoms with Crippen LogP contribution in [0.15, 0.2) is 115 Å². The first-order chi connectivity index (χ1) is 23.6. The number of amides is 1. The van der Waals surface area contributed by atoms with E-state index in [1.165, 1.54) is 28.6 Å². The van der Waals surface area contributed by atoms with Crippen LogP contribution < -0.4 is 5.32 Å². The molecule has 0 unspecified atom stereocenters. The summed E-state index contributed by atoms with van der Waals surface area (Å²) in [5.74, 6) is 0.218. The van der Waals surface area contributed by atoms with E-state index in [2.05, 4.69) is 20.3 Å². The number of nitrogens with zero attached hydrogens (tertiary/aromatic N) is 4. The van der Waals surface area contributed by atoms with Gasteiger partial charge in [0.05, 0.1) is 10.5 Å². The molecule has 12 heteroatoms. The third-order valence-corrected chi connectivity index (χ3v) is 10.4. The number of carbonyl (C=O) groups excluding carboxylic acids is 1. The van der Waals surface area contributed by atoms with Gasteiger partial charge in [0.15, 0.2) is 0 Å². The van der Waals surface area contributed by atoms with Crippen LogP contribution in [0.2, 0.25) is 0 Å². The summed E-state index contributed by atoms with van der Waals surface area (Å²) in [4.78, 5) is 25.4. The van der Waals surface area contributed by atoms with Crippen LogP contribution in [0.4, 0.5) is 19.1 Å². The van der Waals surface area contributed by atoms with Crippen molar-refractivity contribution < 1.29 is 26.4 Å². The Labute approximate surface area is 283 Å². The van der Waals surface area contributed by atoms with Crippen molar-refractivity contribution >= 4 is 21.9 Å². The molecule has 3 aromatic carbocycles. The summed E-state index contributed by atoms with van der Waals surface area (Å²) < 4.78 is 68.3. The first-order valence-electron chi connectivity index (χ1n) is 16.0. The van der Waals surface area contributed by atoms with Crippen molar-refractivity contribution in [2.24, 2.45) is 5.92 Å². The lowest BCUT2D eigenvalue weighted by Crippen LogP contribution is -2.30. The Balaban J connectivity index is 1.17. The minimum Gasteiger partial charge on any atom is -0.294 e. The van der Waals surface area contributed by atoms with Gasteiger partial charge in [-0.05, 0) is 71.0 Å². The minimum atomic E-state index is -4.44. The lowest BCUT2D eigenvalue weighted by Gasteiger charge is -2.23. The monoisotopic (exact) mass is 685 g/mol. The van der Waals surface area contributed by atoms with E-state index in [1.807, 2.05) is 24.3 Å². The Morgan fingerprint density at radius 3 is 1.90 bits per heavy atom. The maximum absolute atomic E-state index is 14.0. The number of hydrogen-bond acceptors (Lipinski definition) is 6. The molecule has 1 saturated carbocycles. The fourth-order valence-electron chi connectivity index (χ4n) is 5.87. The summed E-state index contributed by atoms with van der Waals surface area (Å²) >= 11 is 0. The largest absolute Gasteiger partial charge is 0.416 e. The van der Waals surface area contributed by atoms with Crippen LogP contribution in [0.3, 0.4) is 0 Å². The van der Waals surface area contributed by atoms with Crippen LogP contribution in [0.5, 0.6) is 0 Å². The van der Waals surface area contributed by atoms with Gasteiger partial charge in [-0.1, -0.05) is 73.9 Å². The van der Waals surface area contributed by atoms with E-state index in [0.717, 1.165) is 60.9 Å². The minimum absolute atomic E-state index is 0.00169. The third kappa shape index (κ3) is 8.38. The highest BCUT2D eigenvalue weighted by molar-refractivity contribution is 7.89. The van der Waals surface area contributed by atoms with E-state index in [4.69, 9.17) is 0 Å². The number of sulfonamides is 1. The van der Waals surface area contributed by atoms with E-state index in [0.29, 0.717) is 16.7 Å². The summed E-state index contributed by atoms with van der Waals surface area (Å²) in [6.07, 6.45) is 7.12. The second-order valence-corrected chi connectivity index (χ2v) is 14.0. The molecule has 0 bridgehead atoms. The zero-order valence-corrected chi connectivity index (χ0v) is 27.3. The van der Waals surface area contributed by atoms with Crippen LogP contribution in [-0.4, -0.2) is 33.6 Å². The van der Waals surface area contributed by atoms with Crippen molar-refractivity contribution in [3.63, 3.8) is 0 Å². The quantitative estimate of drug-likeness (QED) is 0.159. The summed E-state index contributed by atoms with van der Waals surface area (Å²) in [7, 11) is -4.01. The molecule has 6 rings (SSSR count). The van der Waals surface area contributed by atoms with Crippen LogP contribution in [0, 0.1) is 5.92 Å². The number of carbonyl (C=O) groups is 1. The maximum Gasteiger partial charge on any atom is 0.416 e. The lowest BCUT2D eigenvalue weighted by molar-refractivity contribution is -0.137. The molecular formula is C37H34F3N5O3S. The number of nitrogens with one attached hydrogen (secondary N) is 1. The number of benzene rings is 3. The van der Waals surface area contributed by atoms with Gasteiger partial charge in [0.25, 0.3) is 0 Å². The zero-order valence-electron chi connectivity index (χ0n) is 26.5. The Kier molecular flexibility index (Phi) is 10.2. The number of anilines is 1. The van der Waals surface area contributed by atoms with Crippen molar-refractivity contribution in [2.45, 2.75) is 56.3 Å². The fourth-order valence-corrected chi connectivity index (χ4v) is 7.28. The van der Waals surface area contributed by atoms with Gasteiger partial charge in [0, 0.05) is 49.4 Å². The van der Waals surface area contributed by atoms with E-state index in [-0.39, 0.29) is 35.8 Å². The van der Waals surface area contributed by atoms with E-state index < -0.39 is 21.8 Å². The predicted molar refractivity (Wildman–Crippen MR) is 180 cm³/mol. The molecule has 1 aliphatic carbocycles. The molecule has 5 aromatic rings. The van der Waals surface area contributed by atoms with Crippen molar-refractivity contribution in [3.05, 3.63) is 126 Å². The smallest absolute Gasteiger partial charge is 0.294 e. The Bertz CT molecular complexity index is 1970. The van der Waals surface area contributed by atoms with E-state index in [9.17, 15) is 26.4 Å². The highest BCUT2D eigenvalue weighted by atomic mass is 32.2. The molecular weight excluding hydrogens is 651 g/mol. The summed E-state index contributed by atoms with van der Waals surface area (Å²) in [5.41, 5.74) is 3.39. The molecule has 0 radical (unpaired) electrons. The van der Waals surface area contributed by atoms with Crippen LogP contribution >= 0.6 is 0 Å². The molecule has 0 saturated heterocycles. The molecule has 1 amide bonds. The Morgan fingerprint density at radius 2 is 1.31 bits per heavy atom. The highest BCUT2D eigenvalue weighted by Gasteiger charge is 2.30. The molecule has 49 heavy (non-hydrogen) atoms. The Hall–Kier alpha value is -4.94. The molecule has 2 aromatic heterocycles. The average Bonchev–Trinajstić information content (AvgIpc) is 3.12. The van der Waals surface area contributed by atoms with E-state index in [1.54, 1.807) is 49.1 Å². The number of halogens is 3. The summed E-state index contributed by atoms with van der Waals surface area (Å²) in [6.45, 7) is 0.140. The van der Waals surface area contributed by atoms with Gasteiger partial charge in [-0.15, -0.1) is 0 Å².